The van der Waals surface area contributed by atoms with Gasteiger partial charge in [-0.25, -0.2) is 9.78 Å². The fourth-order valence-corrected chi connectivity index (χ4v) is 4.03. The van der Waals surface area contributed by atoms with Crippen LogP contribution in [0, 0.1) is 0 Å². The number of ether oxygens (including phenoxy) is 1. The van der Waals surface area contributed by atoms with E-state index in [1.165, 1.54) is 16.9 Å². The molecular formula is C20H23N3O3S. The number of rotatable bonds is 8. The number of fused-ring (bicyclic) bond motifs is 1. The number of carbonyl (C=O) groups excluding carboxylic acids is 1. The average Bonchev–Trinajstić information content (AvgIpc) is 3.05. The maximum atomic E-state index is 11.9. The van der Waals surface area contributed by atoms with Crippen molar-refractivity contribution < 1.29 is 9.53 Å². The maximum absolute atomic E-state index is 11.9. The molecule has 3 aromatic rings. The predicted octanol–water partition coefficient (Wildman–Crippen LogP) is 3.70. The van der Waals surface area contributed by atoms with Crippen LogP contribution in [0.5, 0.6) is 0 Å². The molecule has 2 heterocycles. The van der Waals surface area contributed by atoms with Crippen LogP contribution in [0.4, 0.5) is 5.95 Å². The molecule has 0 amide bonds. The van der Waals surface area contributed by atoms with Gasteiger partial charge in [0.15, 0.2) is 0 Å². The van der Waals surface area contributed by atoms with E-state index in [1.54, 1.807) is 6.92 Å². The van der Waals surface area contributed by atoms with E-state index in [1.807, 2.05) is 30.3 Å². The van der Waals surface area contributed by atoms with E-state index in [9.17, 15) is 9.59 Å². The van der Waals surface area contributed by atoms with Crippen LogP contribution in [-0.4, -0.2) is 22.5 Å². The van der Waals surface area contributed by atoms with Crippen molar-refractivity contribution in [3.05, 3.63) is 56.7 Å². The summed E-state index contributed by atoms with van der Waals surface area (Å²) in [7, 11) is 0. The zero-order chi connectivity index (χ0) is 19.2. The molecule has 27 heavy (non-hydrogen) atoms. The molecule has 7 heteroatoms. The van der Waals surface area contributed by atoms with Gasteiger partial charge in [0.05, 0.1) is 17.6 Å². The van der Waals surface area contributed by atoms with Gasteiger partial charge in [0.2, 0.25) is 5.95 Å². The molecule has 0 radical (unpaired) electrons. The summed E-state index contributed by atoms with van der Waals surface area (Å²) in [6, 6.07) is 9.53. The van der Waals surface area contributed by atoms with Crippen molar-refractivity contribution in [2.24, 2.45) is 0 Å². The van der Waals surface area contributed by atoms with Crippen LogP contribution in [0.25, 0.3) is 10.2 Å². The topological polar surface area (TPSA) is 98.1 Å². The van der Waals surface area contributed by atoms with E-state index in [2.05, 4.69) is 9.97 Å². The SMILES string of the molecule is CCOC(=O)c1ccc(CCCCCc2cc3c(=O)[nH]c(N)nc3s2)cc1. The minimum absolute atomic E-state index is 0.162. The predicted molar refractivity (Wildman–Crippen MR) is 108 cm³/mol. The highest BCUT2D eigenvalue weighted by Crippen LogP contribution is 2.23. The third kappa shape index (κ3) is 4.95. The lowest BCUT2D eigenvalue weighted by molar-refractivity contribution is 0.0526. The van der Waals surface area contributed by atoms with Crippen molar-refractivity contribution in [3.8, 4) is 0 Å². The molecule has 0 spiro atoms. The highest BCUT2D eigenvalue weighted by Gasteiger charge is 2.08. The van der Waals surface area contributed by atoms with Crippen LogP contribution in [-0.2, 0) is 17.6 Å². The summed E-state index contributed by atoms with van der Waals surface area (Å²) >= 11 is 1.53. The molecule has 3 N–H and O–H groups in total. The first-order chi connectivity index (χ1) is 13.1. The first kappa shape index (κ1) is 19.1. The minimum Gasteiger partial charge on any atom is -0.462 e. The van der Waals surface area contributed by atoms with E-state index < -0.39 is 0 Å². The second-order valence-corrected chi connectivity index (χ2v) is 7.48. The van der Waals surface area contributed by atoms with E-state index in [-0.39, 0.29) is 17.5 Å². The third-order valence-corrected chi connectivity index (χ3v) is 5.41. The lowest BCUT2D eigenvalue weighted by Gasteiger charge is -2.04. The molecule has 0 fully saturated rings. The number of esters is 1. The number of nitrogen functional groups attached to an aromatic ring is 1. The van der Waals surface area contributed by atoms with Crippen molar-refractivity contribution >= 4 is 33.5 Å². The standard InChI is InChI=1S/C20H23N3O3S/c1-2-26-19(25)14-10-8-13(9-11-14)6-4-3-5-7-15-12-16-17(24)22-20(21)23-18(16)27-15/h8-12H,2-7H2,1H3,(H3,21,22,23,24). The number of nitrogens with two attached hydrogens (primary N) is 1. The summed E-state index contributed by atoms with van der Waals surface area (Å²) in [5, 5.41) is 0.617. The Kier molecular flexibility index (Phi) is 6.24. The Hall–Kier alpha value is -2.67. The molecule has 6 nitrogen and oxygen atoms in total. The van der Waals surface area contributed by atoms with Gasteiger partial charge in [-0.1, -0.05) is 18.6 Å². The molecule has 0 saturated carbocycles. The second-order valence-electron chi connectivity index (χ2n) is 6.36. The number of anilines is 1. The first-order valence-corrected chi connectivity index (χ1v) is 9.92. The lowest BCUT2D eigenvalue weighted by Crippen LogP contribution is -2.09. The summed E-state index contributed by atoms with van der Waals surface area (Å²) in [6.45, 7) is 2.19. The minimum atomic E-state index is -0.275. The average molecular weight is 385 g/mol. The molecule has 2 aromatic heterocycles. The van der Waals surface area contributed by atoms with Gasteiger partial charge in [0.1, 0.15) is 4.83 Å². The van der Waals surface area contributed by atoms with Gasteiger partial charge >= 0.3 is 5.97 Å². The van der Waals surface area contributed by atoms with Crippen LogP contribution >= 0.6 is 11.3 Å². The monoisotopic (exact) mass is 385 g/mol. The van der Waals surface area contributed by atoms with Crippen LogP contribution in [0.1, 0.15) is 47.0 Å². The van der Waals surface area contributed by atoms with E-state index in [0.717, 1.165) is 37.0 Å². The number of thiophene rings is 1. The number of nitrogens with zero attached hydrogens (tertiary/aromatic N) is 1. The molecule has 0 aliphatic heterocycles. The molecule has 0 aliphatic carbocycles. The number of aromatic nitrogens is 2. The molecule has 0 atom stereocenters. The van der Waals surface area contributed by atoms with E-state index in [0.29, 0.717) is 22.4 Å². The number of hydrogen-bond acceptors (Lipinski definition) is 6. The second kappa shape index (κ2) is 8.81. The Bertz CT molecular complexity index is 976. The Morgan fingerprint density at radius 3 is 2.67 bits per heavy atom. The summed E-state index contributed by atoms with van der Waals surface area (Å²) < 4.78 is 4.99. The lowest BCUT2D eigenvalue weighted by atomic mass is 10.0. The Morgan fingerprint density at radius 2 is 1.93 bits per heavy atom. The van der Waals surface area contributed by atoms with Crippen LogP contribution in [0.15, 0.2) is 35.1 Å². The quantitative estimate of drug-likeness (QED) is 0.455. The fourth-order valence-electron chi connectivity index (χ4n) is 2.95. The van der Waals surface area contributed by atoms with Crippen LogP contribution in [0.2, 0.25) is 0 Å². The molecule has 0 aliphatic rings. The normalized spacial score (nSPS) is 11.0. The van der Waals surface area contributed by atoms with Crippen LogP contribution < -0.4 is 11.3 Å². The Morgan fingerprint density at radius 1 is 1.19 bits per heavy atom. The Balaban J connectivity index is 1.45. The van der Waals surface area contributed by atoms with Gasteiger partial charge in [-0.2, -0.15) is 0 Å². The van der Waals surface area contributed by atoms with Gasteiger partial charge < -0.3 is 10.5 Å². The number of nitrogens with one attached hydrogen (secondary N) is 1. The zero-order valence-corrected chi connectivity index (χ0v) is 16.1. The highest BCUT2D eigenvalue weighted by molar-refractivity contribution is 7.18. The van der Waals surface area contributed by atoms with E-state index >= 15 is 0 Å². The van der Waals surface area contributed by atoms with Crippen LogP contribution in [0.3, 0.4) is 0 Å². The molecule has 0 saturated heterocycles. The highest BCUT2D eigenvalue weighted by atomic mass is 32.1. The summed E-state index contributed by atoms with van der Waals surface area (Å²) in [4.78, 5) is 32.1. The first-order valence-electron chi connectivity index (χ1n) is 9.11. The maximum Gasteiger partial charge on any atom is 0.338 e. The number of hydrogen-bond donors (Lipinski definition) is 2. The third-order valence-electron chi connectivity index (χ3n) is 4.33. The molecule has 0 unspecified atom stereocenters. The largest absolute Gasteiger partial charge is 0.462 e. The van der Waals surface area contributed by atoms with Crippen molar-refractivity contribution in [1.82, 2.24) is 9.97 Å². The number of aryl methyl sites for hydroxylation is 2. The number of benzene rings is 1. The van der Waals surface area contributed by atoms with Crippen molar-refractivity contribution in [2.45, 2.75) is 39.0 Å². The number of H-pyrrole nitrogens is 1. The number of aromatic amines is 1. The van der Waals surface area contributed by atoms with Crippen molar-refractivity contribution in [1.29, 1.82) is 0 Å². The van der Waals surface area contributed by atoms with Gasteiger partial charge in [0, 0.05) is 4.88 Å². The van der Waals surface area contributed by atoms with Gasteiger partial charge in [-0.15, -0.1) is 11.3 Å². The summed E-state index contributed by atoms with van der Waals surface area (Å²) in [6.07, 6.45) is 5.14. The smallest absolute Gasteiger partial charge is 0.338 e. The van der Waals surface area contributed by atoms with E-state index in [4.69, 9.17) is 10.5 Å². The van der Waals surface area contributed by atoms with Crippen molar-refractivity contribution in [2.75, 3.05) is 12.3 Å². The Labute approximate surface area is 161 Å². The summed E-state index contributed by atoms with van der Waals surface area (Å²) in [5.41, 5.74) is 7.22. The fraction of sp³-hybridized carbons (Fsp3) is 0.350. The number of unbranched alkanes of at least 4 members (excludes halogenated alkanes) is 2. The molecule has 142 valence electrons. The zero-order valence-electron chi connectivity index (χ0n) is 15.3. The molecule has 0 bridgehead atoms. The molecule has 1 aromatic carbocycles. The van der Waals surface area contributed by atoms with Crippen molar-refractivity contribution in [3.63, 3.8) is 0 Å². The van der Waals surface area contributed by atoms with Gasteiger partial charge in [0.25, 0.3) is 5.56 Å². The molecular weight excluding hydrogens is 362 g/mol. The number of carbonyl (C=O) groups is 1. The molecule has 3 rings (SSSR count). The van der Waals surface area contributed by atoms with Gasteiger partial charge in [-0.05, 0) is 56.4 Å². The summed E-state index contributed by atoms with van der Waals surface area (Å²) in [5.74, 6) is -0.114. The van der Waals surface area contributed by atoms with Gasteiger partial charge in [-0.3, -0.25) is 9.78 Å².